The smallest absolute Gasteiger partial charge is 0.410 e. The van der Waals surface area contributed by atoms with E-state index in [1.807, 2.05) is 5.32 Å². The van der Waals surface area contributed by atoms with Crippen LogP contribution in [0.5, 0.6) is 0 Å². The van der Waals surface area contributed by atoms with Crippen LogP contribution in [-0.2, 0) is 16.1 Å². The van der Waals surface area contributed by atoms with Crippen LogP contribution in [0.15, 0.2) is 41.3 Å². The Hall–Kier alpha value is -3.35. The van der Waals surface area contributed by atoms with Gasteiger partial charge >= 0.3 is 11.8 Å². The van der Waals surface area contributed by atoms with Crippen LogP contribution < -0.4 is 11.0 Å². The third kappa shape index (κ3) is 4.74. The highest BCUT2D eigenvalue weighted by molar-refractivity contribution is 5.81. The summed E-state index contributed by atoms with van der Waals surface area (Å²) in [6.45, 7) is -0.443. The number of nitrogens with zero attached hydrogens (tertiary/aromatic N) is 3. The molecular formula is C17H18N4O8. The van der Waals surface area contributed by atoms with Gasteiger partial charge in [-0.15, -0.1) is 0 Å². The topological polar surface area (TPSA) is 166 Å². The van der Waals surface area contributed by atoms with Crippen molar-refractivity contribution in [3.63, 3.8) is 0 Å². The lowest BCUT2D eigenvalue weighted by molar-refractivity contribution is -0.386. The summed E-state index contributed by atoms with van der Waals surface area (Å²) in [7, 11) is 0. The van der Waals surface area contributed by atoms with Gasteiger partial charge in [-0.05, 0) is 12.1 Å². The Labute approximate surface area is 163 Å². The van der Waals surface area contributed by atoms with Crippen molar-refractivity contribution in [1.29, 1.82) is 0 Å². The van der Waals surface area contributed by atoms with Crippen LogP contribution >= 0.6 is 0 Å². The van der Waals surface area contributed by atoms with E-state index < -0.39 is 35.1 Å². The third-order valence-electron chi connectivity index (χ3n) is 4.38. The van der Waals surface area contributed by atoms with E-state index in [0.717, 1.165) is 4.57 Å². The first-order chi connectivity index (χ1) is 13.9. The van der Waals surface area contributed by atoms with E-state index >= 15 is 0 Å². The van der Waals surface area contributed by atoms with Gasteiger partial charge < -0.3 is 19.7 Å². The van der Waals surface area contributed by atoms with Gasteiger partial charge in [0.05, 0.1) is 29.8 Å². The summed E-state index contributed by atoms with van der Waals surface area (Å²) in [5, 5.41) is 31.3. The van der Waals surface area contributed by atoms with Gasteiger partial charge in [-0.2, -0.15) is 4.98 Å². The number of benzene rings is 1. The molecule has 1 aromatic heterocycles. The van der Waals surface area contributed by atoms with Crippen molar-refractivity contribution in [1.82, 2.24) is 9.55 Å². The molecule has 0 spiro atoms. The van der Waals surface area contributed by atoms with Gasteiger partial charge in [-0.3, -0.25) is 20.0 Å². The molecule has 0 aliphatic carbocycles. The van der Waals surface area contributed by atoms with Gasteiger partial charge in [0.15, 0.2) is 0 Å². The first-order valence-corrected chi connectivity index (χ1v) is 8.58. The lowest BCUT2D eigenvalue weighted by Gasteiger charge is -2.16. The predicted molar refractivity (Wildman–Crippen MR) is 97.4 cm³/mol. The Morgan fingerprint density at radius 1 is 1.41 bits per heavy atom. The fourth-order valence-electron chi connectivity index (χ4n) is 3.03. The van der Waals surface area contributed by atoms with E-state index in [9.17, 15) is 24.8 Å². The third-order valence-corrected chi connectivity index (χ3v) is 4.38. The number of nitrogens with one attached hydrogen (secondary N) is 1. The van der Waals surface area contributed by atoms with Crippen molar-refractivity contribution < 1.29 is 29.4 Å². The van der Waals surface area contributed by atoms with Crippen molar-refractivity contribution in [2.75, 3.05) is 11.9 Å². The van der Waals surface area contributed by atoms with Crippen molar-refractivity contribution in [2.45, 2.75) is 31.5 Å². The van der Waals surface area contributed by atoms with Crippen molar-refractivity contribution >= 4 is 17.6 Å². The molecule has 1 aromatic carbocycles. The highest BCUT2D eigenvalue weighted by atomic mass is 16.6. The summed E-state index contributed by atoms with van der Waals surface area (Å²) >= 11 is 0. The van der Waals surface area contributed by atoms with Gasteiger partial charge in [0.2, 0.25) is 0 Å². The standard InChI is InChI=1S/C17H18N4O8/c22-8-13-12(28-9-10-3-1-2-4-11(10)21(26)27)7-15(29-13)20-6-5-14(18-16(20)23)19-17(24)25/h1-6,12-13,15,22H,7-9H2,(H,24,25)(H,18,19,23)/t12-,13+,15+/m0/s1. The predicted octanol–water partition coefficient (Wildman–Crippen LogP) is 1.11. The molecule has 0 unspecified atom stereocenters. The number of ether oxygens (including phenoxy) is 2. The number of hydrogen-bond acceptors (Lipinski definition) is 8. The van der Waals surface area contributed by atoms with Crippen LogP contribution in [0.2, 0.25) is 0 Å². The van der Waals surface area contributed by atoms with Crippen molar-refractivity contribution in [2.24, 2.45) is 0 Å². The number of aliphatic hydroxyl groups excluding tert-OH is 1. The molecule has 2 heterocycles. The Morgan fingerprint density at radius 3 is 2.83 bits per heavy atom. The zero-order chi connectivity index (χ0) is 21.0. The number of carbonyl (C=O) groups is 1. The van der Waals surface area contributed by atoms with Crippen LogP contribution in [0, 0.1) is 10.1 Å². The first kappa shape index (κ1) is 20.4. The summed E-state index contributed by atoms with van der Waals surface area (Å²) in [5.74, 6) is -0.125. The largest absolute Gasteiger partial charge is 0.465 e. The molecule has 1 aliphatic heterocycles. The molecule has 1 aliphatic rings. The normalized spacial score (nSPS) is 21.1. The molecule has 2 aromatic rings. The van der Waals surface area contributed by atoms with Crippen molar-refractivity contribution in [3.05, 3.63) is 62.7 Å². The molecule has 154 valence electrons. The number of carboxylic acid groups (broad SMARTS) is 1. The van der Waals surface area contributed by atoms with Crippen molar-refractivity contribution in [3.8, 4) is 0 Å². The van der Waals surface area contributed by atoms with Gasteiger partial charge in [0.1, 0.15) is 18.1 Å². The minimum absolute atomic E-state index is 0.0665. The van der Waals surface area contributed by atoms with Gasteiger partial charge in [0.25, 0.3) is 5.69 Å². The number of nitro groups is 1. The van der Waals surface area contributed by atoms with Crippen LogP contribution in [0.3, 0.4) is 0 Å². The number of anilines is 1. The second-order valence-electron chi connectivity index (χ2n) is 6.22. The zero-order valence-corrected chi connectivity index (χ0v) is 15.0. The first-order valence-electron chi connectivity index (χ1n) is 8.58. The SMILES string of the molecule is O=C(O)Nc1ccn([C@H]2C[C@H](OCc3ccccc3[N+](=O)[O-])[C@@H](CO)O2)c(=O)n1. The number of aromatic nitrogens is 2. The van der Waals surface area contributed by atoms with E-state index in [4.69, 9.17) is 14.6 Å². The molecule has 0 radical (unpaired) electrons. The van der Waals surface area contributed by atoms with E-state index in [-0.39, 0.29) is 31.1 Å². The quantitative estimate of drug-likeness (QED) is 0.451. The van der Waals surface area contributed by atoms with Crippen LogP contribution in [-0.4, -0.2) is 49.6 Å². The lowest BCUT2D eigenvalue weighted by Crippen LogP contribution is -2.28. The Morgan fingerprint density at radius 2 is 2.17 bits per heavy atom. The van der Waals surface area contributed by atoms with Gasteiger partial charge in [-0.1, -0.05) is 12.1 Å². The molecule has 12 nitrogen and oxygen atoms in total. The lowest BCUT2D eigenvalue weighted by atomic mass is 10.1. The van der Waals surface area contributed by atoms with Crippen LogP contribution in [0.1, 0.15) is 18.2 Å². The molecule has 1 amide bonds. The maximum Gasteiger partial charge on any atom is 0.410 e. The summed E-state index contributed by atoms with van der Waals surface area (Å²) in [5.41, 5.74) is -0.441. The van der Waals surface area contributed by atoms with E-state index in [0.29, 0.717) is 5.56 Å². The highest BCUT2D eigenvalue weighted by Gasteiger charge is 2.37. The maximum atomic E-state index is 12.2. The van der Waals surface area contributed by atoms with Crippen LogP contribution in [0.25, 0.3) is 0 Å². The second kappa shape index (κ2) is 8.77. The molecule has 3 rings (SSSR count). The molecule has 0 saturated carbocycles. The summed E-state index contributed by atoms with van der Waals surface area (Å²) < 4.78 is 12.5. The maximum absolute atomic E-state index is 12.2. The average Bonchev–Trinajstić information content (AvgIpc) is 3.09. The fourth-order valence-corrected chi connectivity index (χ4v) is 3.03. The minimum Gasteiger partial charge on any atom is -0.465 e. The number of nitro benzene ring substituents is 1. The summed E-state index contributed by atoms with van der Waals surface area (Å²) in [6, 6.07) is 7.45. The van der Waals surface area contributed by atoms with Gasteiger partial charge in [-0.25, -0.2) is 9.59 Å². The molecule has 0 bridgehead atoms. The molecular weight excluding hydrogens is 388 g/mol. The molecule has 12 heteroatoms. The van der Waals surface area contributed by atoms with Crippen LogP contribution in [0.4, 0.5) is 16.3 Å². The number of para-hydroxylation sites is 1. The second-order valence-corrected chi connectivity index (χ2v) is 6.22. The Kier molecular flexibility index (Phi) is 6.16. The number of aliphatic hydroxyl groups is 1. The average molecular weight is 406 g/mol. The van der Waals surface area contributed by atoms with E-state index in [2.05, 4.69) is 4.98 Å². The fraction of sp³-hybridized carbons (Fsp3) is 0.353. The zero-order valence-electron chi connectivity index (χ0n) is 15.0. The molecule has 1 saturated heterocycles. The Balaban J connectivity index is 1.71. The number of rotatable bonds is 7. The molecule has 3 N–H and O–H groups in total. The Bertz CT molecular complexity index is 962. The molecule has 1 fully saturated rings. The van der Waals surface area contributed by atoms with E-state index in [1.54, 1.807) is 18.2 Å². The highest BCUT2D eigenvalue weighted by Crippen LogP contribution is 2.31. The summed E-state index contributed by atoms with van der Waals surface area (Å²) in [6.07, 6.45) is -1.99. The monoisotopic (exact) mass is 406 g/mol. The number of amides is 1. The van der Waals surface area contributed by atoms with Gasteiger partial charge in [0, 0.05) is 18.7 Å². The summed E-state index contributed by atoms with van der Waals surface area (Å²) in [4.78, 5) is 37.0. The van der Waals surface area contributed by atoms with E-state index in [1.165, 1.54) is 18.3 Å². The molecule has 29 heavy (non-hydrogen) atoms. The number of hydrogen-bond donors (Lipinski definition) is 3. The minimum atomic E-state index is -1.35. The molecule has 3 atom stereocenters.